The van der Waals surface area contributed by atoms with Crippen LogP contribution in [-0.2, 0) is 10.0 Å². The van der Waals surface area contributed by atoms with Crippen molar-refractivity contribution in [1.82, 2.24) is 9.29 Å². The van der Waals surface area contributed by atoms with Crippen LogP contribution in [0.2, 0.25) is 5.02 Å². The first kappa shape index (κ1) is 15.0. The minimum atomic E-state index is -3.82. The fourth-order valence-electron chi connectivity index (χ4n) is 2.34. The third-order valence-electron chi connectivity index (χ3n) is 3.35. The quantitative estimate of drug-likeness (QED) is 0.794. The van der Waals surface area contributed by atoms with Crippen LogP contribution in [0.25, 0.3) is 11.1 Å². The first-order valence-electron chi connectivity index (χ1n) is 6.07. The van der Waals surface area contributed by atoms with Crippen LogP contribution < -0.4 is 11.5 Å². The predicted molar refractivity (Wildman–Crippen MR) is 80.9 cm³/mol. The maximum Gasteiger partial charge on any atom is 0.417 e. The number of hydrogen-bond acceptors (Lipinski definition) is 5. The molecule has 0 spiro atoms. The molecule has 1 aromatic heterocycles. The summed E-state index contributed by atoms with van der Waals surface area (Å²) in [5.74, 6) is -0.698. The van der Waals surface area contributed by atoms with Gasteiger partial charge in [-0.15, -0.1) is 0 Å². The molecule has 7 nitrogen and oxygen atoms in total. The Morgan fingerprint density at radius 1 is 1.52 bits per heavy atom. The lowest BCUT2D eigenvalue weighted by molar-refractivity contribution is 0.472. The summed E-state index contributed by atoms with van der Waals surface area (Å²) < 4.78 is 31.8. The molecule has 0 saturated carbocycles. The van der Waals surface area contributed by atoms with E-state index in [1.165, 1.54) is 10.4 Å². The molecule has 0 amide bonds. The zero-order valence-electron chi connectivity index (χ0n) is 10.6. The van der Waals surface area contributed by atoms with Gasteiger partial charge in [-0.25, -0.2) is 13.2 Å². The van der Waals surface area contributed by atoms with Crippen LogP contribution in [-0.4, -0.2) is 36.8 Å². The van der Waals surface area contributed by atoms with E-state index in [1.54, 1.807) is 0 Å². The molecule has 21 heavy (non-hydrogen) atoms. The van der Waals surface area contributed by atoms with Gasteiger partial charge in [-0.3, -0.25) is 4.98 Å². The Kier molecular flexibility index (Phi) is 3.65. The summed E-state index contributed by atoms with van der Waals surface area (Å²) >= 11 is 9.33. The molecule has 3 N–H and O–H groups in total. The average molecular weight is 397 g/mol. The molecule has 10 heteroatoms. The summed E-state index contributed by atoms with van der Waals surface area (Å²) in [6.45, 7) is 0.571. The summed E-state index contributed by atoms with van der Waals surface area (Å²) in [5.41, 5.74) is 6.10. The average Bonchev–Trinajstić information content (AvgIpc) is 2.95. The molecule has 0 aliphatic carbocycles. The van der Waals surface area contributed by atoms with Crippen LogP contribution in [0.1, 0.15) is 6.42 Å². The van der Waals surface area contributed by atoms with Gasteiger partial charge in [0.1, 0.15) is 9.92 Å². The number of nitrogens with two attached hydrogens (primary N) is 1. The first-order chi connectivity index (χ1) is 9.80. The lowest BCUT2D eigenvalue weighted by atomic mass is 10.3. The van der Waals surface area contributed by atoms with E-state index >= 15 is 0 Å². The molecule has 3 rings (SSSR count). The molecule has 0 radical (unpaired) electrons. The number of oxazole rings is 1. The topological polar surface area (TPSA) is 109 Å². The fourth-order valence-corrected chi connectivity index (χ4v) is 5.65. The Hall–Kier alpha value is -0.870. The van der Waals surface area contributed by atoms with Crippen LogP contribution in [0.15, 0.2) is 24.6 Å². The van der Waals surface area contributed by atoms with Crippen molar-refractivity contribution in [2.75, 3.05) is 13.1 Å². The maximum absolute atomic E-state index is 12.7. The van der Waals surface area contributed by atoms with Gasteiger partial charge < -0.3 is 10.2 Å². The molecule has 0 unspecified atom stereocenters. The molecule has 1 saturated heterocycles. The van der Waals surface area contributed by atoms with Crippen molar-refractivity contribution in [1.29, 1.82) is 0 Å². The summed E-state index contributed by atoms with van der Waals surface area (Å²) in [4.78, 5) is 13.6. The number of rotatable bonds is 2. The molecule has 1 aliphatic heterocycles. The van der Waals surface area contributed by atoms with Crippen LogP contribution in [0.5, 0.6) is 0 Å². The van der Waals surface area contributed by atoms with Crippen molar-refractivity contribution in [2.24, 2.45) is 5.73 Å². The second-order valence-electron chi connectivity index (χ2n) is 4.80. The van der Waals surface area contributed by atoms with Gasteiger partial charge in [0.05, 0.1) is 5.52 Å². The second kappa shape index (κ2) is 5.10. The van der Waals surface area contributed by atoms with Crippen molar-refractivity contribution in [2.45, 2.75) is 17.4 Å². The molecule has 1 aromatic carbocycles. The number of sulfonamides is 1. The molecule has 2 heterocycles. The largest absolute Gasteiger partial charge is 0.417 e. The van der Waals surface area contributed by atoms with Gasteiger partial charge in [-0.05, 0) is 28.4 Å². The fraction of sp³-hybridized carbons (Fsp3) is 0.364. The molecular weight excluding hydrogens is 386 g/mol. The van der Waals surface area contributed by atoms with Crippen LogP contribution in [0, 0.1) is 0 Å². The van der Waals surface area contributed by atoms with Gasteiger partial charge in [0.15, 0.2) is 5.58 Å². The number of halogens is 2. The van der Waals surface area contributed by atoms with Crippen LogP contribution in [0.3, 0.4) is 0 Å². The van der Waals surface area contributed by atoms with Gasteiger partial charge in [0.2, 0.25) is 10.0 Å². The van der Waals surface area contributed by atoms with E-state index in [2.05, 4.69) is 20.9 Å². The smallest absolute Gasteiger partial charge is 0.406 e. The minimum Gasteiger partial charge on any atom is -0.406 e. The number of nitrogens with zero attached hydrogens (tertiary/aromatic N) is 1. The highest BCUT2D eigenvalue weighted by Crippen LogP contribution is 2.37. The number of H-pyrrole nitrogens is 1. The van der Waals surface area contributed by atoms with Gasteiger partial charge in [0, 0.05) is 23.6 Å². The third kappa shape index (κ3) is 2.42. The monoisotopic (exact) mass is 395 g/mol. The Labute approximate surface area is 133 Å². The maximum atomic E-state index is 12.7. The lowest BCUT2D eigenvalue weighted by Gasteiger charge is -2.18. The Bertz CT molecular complexity index is 875. The Balaban J connectivity index is 2.22. The van der Waals surface area contributed by atoms with Crippen molar-refractivity contribution in [3.8, 4) is 0 Å². The number of benzene rings is 1. The van der Waals surface area contributed by atoms with E-state index < -0.39 is 15.8 Å². The van der Waals surface area contributed by atoms with Gasteiger partial charge in [-0.2, -0.15) is 4.31 Å². The zero-order valence-corrected chi connectivity index (χ0v) is 13.8. The van der Waals surface area contributed by atoms with E-state index in [4.69, 9.17) is 21.8 Å². The van der Waals surface area contributed by atoms with Crippen molar-refractivity contribution in [3.05, 3.63) is 26.1 Å². The summed E-state index contributed by atoms with van der Waals surface area (Å²) in [7, 11) is -3.82. The third-order valence-corrected chi connectivity index (χ3v) is 6.66. The van der Waals surface area contributed by atoms with E-state index in [0.29, 0.717) is 18.5 Å². The van der Waals surface area contributed by atoms with E-state index in [9.17, 15) is 13.2 Å². The molecular formula is C11H11BrClN3O4S. The van der Waals surface area contributed by atoms with Gasteiger partial charge >= 0.3 is 5.76 Å². The van der Waals surface area contributed by atoms with Crippen molar-refractivity contribution < 1.29 is 12.8 Å². The number of aromatic nitrogens is 1. The van der Waals surface area contributed by atoms with Crippen molar-refractivity contribution >= 4 is 48.7 Å². The Morgan fingerprint density at radius 3 is 2.86 bits per heavy atom. The SMILES string of the molecule is N[C@@H]1CCN(S(=O)(=O)c2c(Br)cc3[nH]c(=O)oc3c2Cl)C1. The molecule has 0 bridgehead atoms. The van der Waals surface area contributed by atoms with E-state index in [0.717, 1.165) is 0 Å². The summed E-state index contributed by atoms with van der Waals surface area (Å²) in [6.07, 6.45) is 0.593. The van der Waals surface area contributed by atoms with E-state index in [-0.39, 0.29) is 32.6 Å². The molecule has 1 atom stereocenters. The highest BCUT2D eigenvalue weighted by molar-refractivity contribution is 9.10. The predicted octanol–water partition coefficient (Wildman–Crippen LogP) is 1.26. The number of hydrogen-bond donors (Lipinski definition) is 2. The standard InChI is InChI=1S/C11H11BrClN3O4S/c12-6-3-7-9(20-11(17)15-7)8(13)10(6)21(18,19)16-2-1-5(14)4-16/h3,5H,1-2,4,14H2,(H,15,17)/t5-/m1/s1. The summed E-state index contributed by atoms with van der Waals surface area (Å²) in [5, 5.41) is -0.127. The number of fused-ring (bicyclic) bond motifs is 1. The Morgan fingerprint density at radius 2 is 2.24 bits per heavy atom. The number of nitrogens with one attached hydrogen (secondary N) is 1. The van der Waals surface area contributed by atoms with Crippen LogP contribution in [0.4, 0.5) is 0 Å². The molecule has 114 valence electrons. The summed E-state index contributed by atoms with van der Waals surface area (Å²) in [6, 6.07) is 1.26. The molecule has 1 aliphatic rings. The number of aromatic amines is 1. The normalized spacial score (nSPS) is 20.4. The van der Waals surface area contributed by atoms with Crippen LogP contribution >= 0.6 is 27.5 Å². The minimum absolute atomic E-state index is 0.0203. The molecule has 2 aromatic rings. The first-order valence-corrected chi connectivity index (χ1v) is 8.68. The molecule has 1 fully saturated rings. The van der Waals surface area contributed by atoms with Gasteiger partial charge in [-0.1, -0.05) is 11.6 Å². The van der Waals surface area contributed by atoms with Gasteiger partial charge in [0.25, 0.3) is 0 Å². The highest BCUT2D eigenvalue weighted by Gasteiger charge is 2.35. The zero-order chi connectivity index (χ0) is 15.4. The second-order valence-corrected chi connectivity index (χ2v) is 7.91. The highest BCUT2D eigenvalue weighted by atomic mass is 79.9. The van der Waals surface area contributed by atoms with E-state index in [1.807, 2.05) is 0 Å². The lowest BCUT2D eigenvalue weighted by Crippen LogP contribution is -2.32. The van der Waals surface area contributed by atoms with Crippen molar-refractivity contribution in [3.63, 3.8) is 0 Å².